The van der Waals surface area contributed by atoms with Gasteiger partial charge < -0.3 is 9.88 Å². The second kappa shape index (κ2) is 5.81. The van der Waals surface area contributed by atoms with Crippen LogP contribution in [0.4, 0.5) is 0 Å². The fourth-order valence-electron chi connectivity index (χ4n) is 1.71. The molecule has 0 aliphatic carbocycles. The number of hydrogen-bond donors (Lipinski definition) is 1. The number of nitrogens with zero attached hydrogens (tertiary/aromatic N) is 2. The molecule has 1 heterocycles. The number of imidazole rings is 1. The summed E-state index contributed by atoms with van der Waals surface area (Å²) in [6.07, 6.45) is 6.23. The number of aryl methyl sites for hydroxylation is 1. The summed E-state index contributed by atoms with van der Waals surface area (Å²) in [6.45, 7) is 6.57. The summed E-state index contributed by atoms with van der Waals surface area (Å²) in [6, 6.07) is 0. The Morgan fingerprint density at radius 1 is 1.57 bits per heavy atom. The van der Waals surface area contributed by atoms with Crippen molar-refractivity contribution in [3.8, 4) is 0 Å². The van der Waals surface area contributed by atoms with Crippen LogP contribution in [0.25, 0.3) is 0 Å². The first-order valence-electron chi connectivity index (χ1n) is 5.42. The van der Waals surface area contributed by atoms with Gasteiger partial charge in [-0.15, -0.1) is 0 Å². The smallest absolute Gasteiger partial charge is 0.108 e. The van der Waals surface area contributed by atoms with Gasteiger partial charge in [-0.2, -0.15) is 0 Å². The standard InChI is InChI=1S/C11H21N3/c1-4-5-11-13-6-7-14(11)9-10(2)8-12-3/h6-7,10,12H,4-5,8-9H2,1-3H3. The first-order chi connectivity index (χ1) is 6.77. The predicted molar refractivity (Wildman–Crippen MR) is 59.3 cm³/mol. The monoisotopic (exact) mass is 195 g/mol. The van der Waals surface area contributed by atoms with Gasteiger partial charge in [0.15, 0.2) is 0 Å². The second-order valence-corrected chi connectivity index (χ2v) is 3.91. The van der Waals surface area contributed by atoms with E-state index in [4.69, 9.17) is 0 Å². The van der Waals surface area contributed by atoms with Crippen LogP contribution in [-0.2, 0) is 13.0 Å². The highest BCUT2D eigenvalue weighted by atomic mass is 15.1. The van der Waals surface area contributed by atoms with Gasteiger partial charge in [-0.1, -0.05) is 13.8 Å². The van der Waals surface area contributed by atoms with Crippen LogP contribution in [0.1, 0.15) is 26.1 Å². The number of aromatic nitrogens is 2. The molecule has 1 atom stereocenters. The van der Waals surface area contributed by atoms with Crippen LogP contribution in [0.2, 0.25) is 0 Å². The Balaban J connectivity index is 2.52. The molecular formula is C11H21N3. The number of rotatable bonds is 6. The highest BCUT2D eigenvalue weighted by molar-refractivity contribution is 4.92. The molecule has 0 aromatic carbocycles. The first kappa shape index (κ1) is 11.2. The summed E-state index contributed by atoms with van der Waals surface area (Å²) in [5.41, 5.74) is 0. The van der Waals surface area contributed by atoms with E-state index in [1.165, 1.54) is 5.82 Å². The van der Waals surface area contributed by atoms with Gasteiger partial charge in [-0.3, -0.25) is 0 Å². The van der Waals surface area contributed by atoms with E-state index >= 15 is 0 Å². The fourth-order valence-corrected chi connectivity index (χ4v) is 1.71. The summed E-state index contributed by atoms with van der Waals surface area (Å²) >= 11 is 0. The van der Waals surface area contributed by atoms with Crippen molar-refractivity contribution in [2.45, 2.75) is 33.2 Å². The lowest BCUT2D eigenvalue weighted by atomic mass is 10.2. The van der Waals surface area contributed by atoms with Gasteiger partial charge in [0.1, 0.15) is 5.82 Å². The van der Waals surface area contributed by atoms with Crippen molar-refractivity contribution in [3.05, 3.63) is 18.2 Å². The lowest BCUT2D eigenvalue weighted by molar-refractivity contribution is 0.451. The SMILES string of the molecule is CCCc1nccn1CC(C)CNC. The maximum absolute atomic E-state index is 4.36. The van der Waals surface area contributed by atoms with Crippen LogP contribution >= 0.6 is 0 Å². The molecule has 0 spiro atoms. The summed E-state index contributed by atoms with van der Waals surface area (Å²) in [5.74, 6) is 1.88. The fraction of sp³-hybridized carbons (Fsp3) is 0.727. The maximum atomic E-state index is 4.36. The molecule has 80 valence electrons. The second-order valence-electron chi connectivity index (χ2n) is 3.91. The molecule has 0 aliphatic heterocycles. The molecule has 0 amide bonds. The minimum atomic E-state index is 0.657. The molecule has 0 aliphatic rings. The Morgan fingerprint density at radius 2 is 2.36 bits per heavy atom. The van der Waals surface area contributed by atoms with Gasteiger partial charge in [-0.05, 0) is 25.9 Å². The van der Waals surface area contributed by atoms with Crippen molar-refractivity contribution < 1.29 is 0 Å². The predicted octanol–water partition coefficient (Wildman–Crippen LogP) is 1.69. The van der Waals surface area contributed by atoms with Crippen LogP contribution in [0.3, 0.4) is 0 Å². The quantitative estimate of drug-likeness (QED) is 0.748. The largest absolute Gasteiger partial charge is 0.335 e. The Morgan fingerprint density at radius 3 is 3.00 bits per heavy atom. The molecule has 0 radical (unpaired) electrons. The average Bonchev–Trinajstić information content (AvgIpc) is 2.54. The minimum absolute atomic E-state index is 0.657. The summed E-state index contributed by atoms with van der Waals surface area (Å²) < 4.78 is 2.27. The van der Waals surface area contributed by atoms with E-state index in [9.17, 15) is 0 Å². The Bertz CT molecular complexity index is 255. The van der Waals surface area contributed by atoms with Crippen LogP contribution in [0.5, 0.6) is 0 Å². The third-order valence-electron chi connectivity index (χ3n) is 2.34. The van der Waals surface area contributed by atoms with Crippen LogP contribution in [-0.4, -0.2) is 23.1 Å². The molecule has 0 saturated carbocycles. The number of nitrogens with one attached hydrogen (secondary N) is 1. The summed E-state index contributed by atoms with van der Waals surface area (Å²) in [4.78, 5) is 4.36. The summed E-state index contributed by atoms with van der Waals surface area (Å²) in [5, 5.41) is 3.20. The molecule has 0 saturated heterocycles. The molecule has 1 aromatic rings. The molecule has 1 aromatic heterocycles. The van der Waals surface area contributed by atoms with Gasteiger partial charge in [0, 0.05) is 25.4 Å². The highest BCUT2D eigenvalue weighted by Gasteiger charge is 2.05. The van der Waals surface area contributed by atoms with Gasteiger partial charge in [0.25, 0.3) is 0 Å². The Hall–Kier alpha value is -0.830. The van der Waals surface area contributed by atoms with Crippen molar-refractivity contribution in [3.63, 3.8) is 0 Å². The molecular weight excluding hydrogens is 174 g/mol. The van der Waals surface area contributed by atoms with Crippen molar-refractivity contribution in [1.82, 2.24) is 14.9 Å². The van der Waals surface area contributed by atoms with E-state index in [1.54, 1.807) is 0 Å². The van der Waals surface area contributed by atoms with E-state index in [1.807, 2.05) is 13.2 Å². The molecule has 3 heteroatoms. The first-order valence-corrected chi connectivity index (χ1v) is 5.42. The average molecular weight is 195 g/mol. The van der Waals surface area contributed by atoms with Gasteiger partial charge >= 0.3 is 0 Å². The van der Waals surface area contributed by atoms with E-state index < -0.39 is 0 Å². The van der Waals surface area contributed by atoms with Crippen molar-refractivity contribution >= 4 is 0 Å². The molecule has 1 unspecified atom stereocenters. The van der Waals surface area contributed by atoms with Gasteiger partial charge in [0.05, 0.1) is 0 Å². The van der Waals surface area contributed by atoms with Crippen molar-refractivity contribution in [2.24, 2.45) is 5.92 Å². The van der Waals surface area contributed by atoms with Crippen LogP contribution in [0.15, 0.2) is 12.4 Å². The van der Waals surface area contributed by atoms with Gasteiger partial charge in [0.2, 0.25) is 0 Å². The molecule has 1 N–H and O–H groups in total. The zero-order valence-electron chi connectivity index (χ0n) is 9.45. The molecule has 1 rings (SSSR count). The van der Waals surface area contributed by atoms with Crippen LogP contribution in [0, 0.1) is 5.92 Å². The molecule has 3 nitrogen and oxygen atoms in total. The normalized spacial score (nSPS) is 13.1. The van der Waals surface area contributed by atoms with E-state index in [0.29, 0.717) is 5.92 Å². The zero-order valence-corrected chi connectivity index (χ0v) is 9.45. The Labute approximate surface area is 86.5 Å². The highest BCUT2D eigenvalue weighted by Crippen LogP contribution is 2.05. The van der Waals surface area contributed by atoms with Gasteiger partial charge in [-0.25, -0.2) is 4.98 Å². The number of hydrogen-bond acceptors (Lipinski definition) is 2. The van der Waals surface area contributed by atoms with Crippen molar-refractivity contribution in [1.29, 1.82) is 0 Å². The third-order valence-corrected chi connectivity index (χ3v) is 2.34. The summed E-state index contributed by atoms with van der Waals surface area (Å²) in [7, 11) is 2.00. The lowest BCUT2D eigenvalue weighted by Crippen LogP contribution is -2.21. The molecule has 14 heavy (non-hydrogen) atoms. The zero-order chi connectivity index (χ0) is 10.4. The molecule has 0 fully saturated rings. The van der Waals surface area contributed by atoms with Crippen molar-refractivity contribution in [2.75, 3.05) is 13.6 Å². The maximum Gasteiger partial charge on any atom is 0.108 e. The van der Waals surface area contributed by atoms with E-state index in [0.717, 1.165) is 25.9 Å². The van der Waals surface area contributed by atoms with E-state index in [2.05, 4.69) is 34.9 Å². The topological polar surface area (TPSA) is 29.9 Å². The van der Waals surface area contributed by atoms with E-state index in [-0.39, 0.29) is 0 Å². The Kier molecular flexibility index (Phi) is 4.66. The minimum Gasteiger partial charge on any atom is -0.335 e. The molecule has 0 bridgehead atoms. The lowest BCUT2D eigenvalue weighted by Gasteiger charge is -2.13. The van der Waals surface area contributed by atoms with Crippen LogP contribution < -0.4 is 5.32 Å². The third kappa shape index (κ3) is 3.14.